The molecule has 0 atom stereocenters. The van der Waals surface area contributed by atoms with E-state index >= 15 is 0 Å². The minimum Gasteiger partial charge on any atom is -0.360 e. The molecule has 2 heterocycles. The van der Waals surface area contributed by atoms with E-state index < -0.39 is 0 Å². The Morgan fingerprint density at radius 3 is 2.59 bits per heavy atom. The number of aryl methyl sites for hydroxylation is 1. The summed E-state index contributed by atoms with van der Waals surface area (Å²) in [6, 6.07) is 13.9. The monoisotopic (exact) mass is 392 g/mol. The number of anilines is 1. The number of para-hydroxylation sites is 1. The number of carbonyl (C=O) groups is 1. The summed E-state index contributed by atoms with van der Waals surface area (Å²) < 4.78 is 20.3. The van der Waals surface area contributed by atoms with Gasteiger partial charge in [-0.05, 0) is 36.2 Å². The third kappa shape index (κ3) is 3.63. The first kappa shape index (κ1) is 18.9. The fourth-order valence-electron chi connectivity index (χ4n) is 3.43. The van der Waals surface area contributed by atoms with E-state index in [9.17, 15) is 9.18 Å². The molecule has 4 aromatic rings. The molecule has 7 heteroatoms. The Kier molecular flexibility index (Phi) is 5.12. The Labute approximate surface area is 167 Å². The molecule has 1 amide bonds. The van der Waals surface area contributed by atoms with Crippen molar-refractivity contribution in [2.75, 3.05) is 5.32 Å². The number of halogens is 1. The maximum absolute atomic E-state index is 13.2. The molecular formula is C22H21FN4O2. The van der Waals surface area contributed by atoms with Crippen molar-refractivity contribution in [3.05, 3.63) is 76.9 Å². The van der Waals surface area contributed by atoms with Gasteiger partial charge in [0, 0.05) is 17.4 Å². The van der Waals surface area contributed by atoms with Crippen molar-refractivity contribution in [1.82, 2.24) is 14.9 Å². The third-order valence-corrected chi connectivity index (χ3v) is 4.89. The first-order valence-corrected chi connectivity index (χ1v) is 9.59. The van der Waals surface area contributed by atoms with Gasteiger partial charge in [-0.25, -0.2) is 4.39 Å². The lowest BCUT2D eigenvalue weighted by atomic mass is 10.1. The number of hydrogen-bond acceptors (Lipinski definition) is 4. The van der Waals surface area contributed by atoms with E-state index in [1.54, 1.807) is 16.8 Å². The molecule has 0 radical (unpaired) electrons. The van der Waals surface area contributed by atoms with Crippen molar-refractivity contribution in [2.24, 2.45) is 0 Å². The summed E-state index contributed by atoms with van der Waals surface area (Å²) in [5.41, 5.74) is 2.90. The van der Waals surface area contributed by atoms with Gasteiger partial charge in [-0.15, -0.1) is 0 Å². The Balaban J connectivity index is 1.67. The fourth-order valence-corrected chi connectivity index (χ4v) is 3.43. The molecule has 4 rings (SSSR count). The van der Waals surface area contributed by atoms with Crippen LogP contribution in [0.3, 0.4) is 0 Å². The second-order valence-electron chi connectivity index (χ2n) is 6.74. The van der Waals surface area contributed by atoms with E-state index in [4.69, 9.17) is 4.52 Å². The minimum atomic E-state index is -0.345. The zero-order valence-corrected chi connectivity index (χ0v) is 16.3. The molecule has 148 valence electrons. The van der Waals surface area contributed by atoms with E-state index in [-0.39, 0.29) is 11.7 Å². The largest absolute Gasteiger partial charge is 0.360 e. The average Bonchev–Trinajstić information content (AvgIpc) is 3.31. The highest BCUT2D eigenvalue weighted by atomic mass is 19.1. The SMILES string of the molecule is CCc1onc(C(=O)Nc2nn(Cc3ccc(F)cc3)c3ccccc23)c1CC. The summed E-state index contributed by atoms with van der Waals surface area (Å²) in [5.74, 6) is 0.556. The molecule has 2 aromatic heterocycles. The van der Waals surface area contributed by atoms with Crippen LogP contribution in [0, 0.1) is 5.82 Å². The number of nitrogens with zero attached hydrogens (tertiary/aromatic N) is 3. The van der Waals surface area contributed by atoms with Gasteiger partial charge >= 0.3 is 0 Å². The van der Waals surface area contributed by atoms with Crippen molar-refractivity contribution in [3.63, 3.8) is 0 Å². The van der Waals surface area contributed by atoms with Gasteiger partial charge in [0.1, 0.15) is 11.6 Å². The van der Waals surface area contributed by atoms with Crippen LogP contribution in [0.1, 0.15) is 41.2 Å². The zero-order chi connectivity index (χ0) is 20.4. The Bertz CT molecular complexity index is 1160. The van der Waals surface area contributed by atoms with E-state index in [0.717, 1.165) is 27.8 Å². The molecule has 0 unspecified atom stereocenters. The molecule has 0 aliphatic rings. The molecule has 0 saturated heterocycles. The molecule has 29 heavy (non-hydrogen) atoms. The quantitative estimate of drug-likeness (QED) is 0.521. The molecular weight excluding hydrogens is 371 g/mol. The first-order valence-electron chi connectivity index (χ1n) is 9.59. The molecule has 0 fully saturated rings. The van der Waals surface area contributed by atoms with Crippen LogP contribution in [0.25, 0.3) is 10.9 Å². The maximum Gasteiger partial charge on any atom is 0.279 e. The zero-order valence-electron chi connectivity index (χ0n) is 16.3. The third-order valence-electron chi connectivity index (χ3n) is 4.89. The minimum absolute atomic E-state index is 0.280. The second kappa shape index (κ2) is 7.87. The van der Waals surface area contributed by atoms with Crippen LogP contribution < -0.4 is 5.32 Å². The summed E-state index contributed by atoms with van der Waals surface area (Å²) in [5, 5.41) is 12.2. The van der Waals surface area contributed by atoms with Gasteiger partial charge in [-0.2, -0.15) is 5.10 Å². The normalized spacial score (nSPS) is 11.1. The lowest BCUT2D eigenvalue weighted by Crippen LogP contribution is -2.15. The van der Waals surface area contributed by atoms with Gasteiger partial charge in [-0.3, -0.25) is 9.48 Å². The van der Waals surface area contributed by atoms with Crippen LogP contribution in [0.5, 0.6) is 0 Å². The van der Waals surface area contributed by atoms with Crippen LogP contribution in [0.2, 0.25) is 0 Å². The van der Waals surface area contributed by atoms with Gasteiger partial charge < -0.3 is 9.84 Å². The van der Waals surface area contributed by atoms with Gasteiger partial charge in [0.05, 0.1) is 12.1 Å². The molecule has 2 aromatic carbocycles. The smallest absolute Gasteiger partial charge is 0.279 e. The lowest BCUT2D eigenvalue weighted by molar-refractivity contribution is 0.101. The van der Waals surface area contributed by atoms with Crippen molar-refractivity contribution in [3.8, 4) is 0 Å². The number of carbonyl (C=O) groups excluding carboxylic acids is 1. The van der Waals surface area contributed by atoms with Crippen LogP contribution >= 0.6 is 0 Å². The average molecular weight is 392 g/mol. The van der Waals surface area contributed by atoms with Crippen LogP contribution in [0.4, 0.5) is 10.2 Å². The number of fused-ring (bicyclic) bond motifs is 1. The topological polar surface area (TPSA) is 73.0 Å². The number of benzene rings is 2. The van der Waals surface area contributed by atoms with Crippen LogP contribution in [-0.2, 0) is 19.4 Å². The number of amides is 1. The van der Waals surface area contributed by atoms with Crippen LogP contribution in [0.15, 0.2) is 53.1 Å². The number of nitrogens with one attached hydrogen (secondary N) is 1. The Morgan fingerprint density at radius 2 is 1.86 bits per heavy atom. The molecule has 0 spiro atoms. The van der Waals surface area contributed by atoms with Crippen molar-refractivity contribution in [2.45, 2.75) is 33.2 Å². The van der Waals surface area contributed by atoms with Crippen molar-refractivity contribution >= 4 is 22.6 Å². The predicted octanol–water partition coefficient (Wildman–Crippen LogP) is 4.59. The van der Waals surface area contributed by atoms with Gasteiger partial charge in [0.15, 0.2) is 11.5 Å². The Morgan fingerprint density at radius 1 is 1.10 bits per heavy atom. The highest BCUT2D eigenvalue weighted by Gasteiger charge is 2.22. The highest BCUT2D eigenvalue weighted by Crippen LogP contribution is 2.25. The fraction of sp³-hybridized carbons (Fsp3) is 0.227. The first-order chi connectivity index (χ1) is 14.1. The lowest BCUT2D eigenvalue weighted by Gasteiger charge is -2.04. The molecule has 0 aliphatic heterocycles. The van der Waals surface area contributed by atoms with Gasteiger partial charge in [-0.1, -0.05) is 43.3 Å². The summed E-state index contributed by atoms with van der Waals surface area (Å²) in [4.78, 5) is 12.8. The molecule has 6 nitrogen and oxygen atoms in total. The van der Waals surface area contributed by atoms with E-state index in [0.29, 0.717) is 30.9 Å². The van der Waals surface area contributed by atoms with Gasteiger partial charge in [0.2, 0.25) is 0 Å². The predicted molar refractivity (Wildman–Crippen MR) is 108 cm³/mol. The summed E-state index contributed by atoms with van der Waals surface area (Å²) in [6.45, 7) is 4.39. The molecule has 0 saturated carbocycles. The second-order valence-corrected chi connectivity index (χ2v) is 6.74. The van der Waals surface area contributed by atoms with E-state index in [2.05, 4.69) is 15.6 Å². The van der Waals surface area contributed by atoms with Gasteiger partial charge in [0.25, 0.3) is 5.91 Å². The highest BCUT2D eigenvalue weighted by molar-refractivity contribution is 6.07. The molecule has 0 bridgehead atoms. The molecule has 0 aliphatic carbocycles. The standard InChI is InChI=1S/C22H21FN4O2/c1-3-16-19(4-2)29-26-20(16)22(28)24-21-17-7-5-6-8-18(17)27(25-21)13-14-9-11-15(23)12-10-14/h5-12H,3-4,13H2,1-2H3,(H,24,25,28). The summed E-state index contributed by atoms with van der Waals surface area (Å²) in [6.07, 6.45) is 1.34. The van der Waals surface area contributed by atoms with Crippen molar-refractivity contribution in [1.29, 1.82) is 0 Å². The maximum atomic E-state index is 13.2. The number of rotatable bonds is 6. The summed E-state index contributed by atoms with van der Waals surface area (Å²) in [7, 11) is 0. The van der Waals surface area contributed by atoms with Crippen LogP contribution in [-0.4, -0.2) is 20.8 Å². The van der Waals surface area contributed by atoms with E-state index in [1.165, 1.54) is 12.1 Å². The van der Waals surface area contributed by atoms with Crippen molar-refractivity contribution < 1.29 is 13.7 Å². The summed E-state index contributed by atoms with van der Waals surface area (Å²) >= 11 is 0. The molecule has 1 N–H and O–H groups in total. The number of hydrogen-bond donors (Lipinski definition) is 1. The number of aromatic nitrogens is 3. The Hall–Kier alpha value is -3.48. The van der Waals surface area contributed by atoms with E-state index in [1.807, 2.05) is 38.1 Å².